The van der Waals surface area contributed by atoms with Crippen LogP contribution in [0.25, 0.3) is 0 Å². The molecule has 0 spiro atoms. The quantitative estimate of drug-likeness (QED) is 0.495. The molecule has 2 aromatic carbocycles. The maximum absolute atomic E-state index is 13.2. The zero-order valence-electron chi connectivity index (χ0n) is 20.9. The van der Waals surface area contributed by atoms with Crippen molar-refractivity contribution in [3.8, 4) is 5.75 Å². The summed E-state index contributed by atoms with van der Waals surface area (Å²) in [5.41, 5.74) is 2.26. The third-order valence-electron chi connectivity index (χ3n) is 7.38. The zero-order chi connectivity index (χ0) is 24.6. The van der Waals surface area contributed by atoms with Crippen molar-refractivity contribution in [2.24, 2.45) is 11.8 Å². The third kappa shape index (κ3) is 6.74. The first kappa shape index (κ1) is 24.5. The maximum atomic E-state index is 13.2. The second-order valence-corrected chi connectivity index (χ2v) is 9.95. The molecule has 1 amide bonds. The van der Waals surface area contributed by atoms with Gasteiger partial charge in [-0.1, -0.05) is 53.7 Å². The van der Waals surface area contributed by atoms with Crippen LogP contribution in [0.4, 0.5) is 0 Å². The molecule has 36 heavy (non-hydrogen) atoms. The molecule has 190 valence electrons. The summed E-state index contributed by atoms with van der Waals surface area (Å²) < 4.78 is 11.3. The summed E-state index contributed by atoms with van der Waals surface area (Å²) >= 11 is 0. The number of nitrogens with zero attached hydrogens (tertiary/aromatic N) is 3. The van der Waals surface area contributed by atoms with Gasteiger partial charge < -0.3 is 19.5 Å². The number of ether oxygens (including phenoxy) is 1. The van der Waals surface area contributed by atoms with Crippen LogP contribution in [0.2, 0.25) is 0 Å². The number of benzene rings is 2. The molecule has 0 unspecified atom stereocenters. The van der Waals surface area contributed by atoms with Crippen molar-refractivity contribution in [2.45, 2.75) is 32.4 Å². The molecule has 2 saturated heterocycles. The van der Waals surface area contributed by atoms with E-state index in [-0.39, 0.29) is 0 Å². The average Bonchev–Trinajstić information content (AvgIpc) is 3.37. The Kier molecular flexibility index (Phi) is 8.31. The van der Waals surface area contributed by atoms with Gasteiger partial charge in [0.05, 0.1) is 5.69 Å². The highest BCUT2D eigenvalue weighted by molar-refractivity contribution is 5.76. The number of carbonyl (C=O) groups excluding carboxylic acids is 1. The number of para-hydroxylation sites is 1. The number of amides is 1. The fourth-order valence-electron chi connectivity index (χ4n) is 5.30. The van der Waals surface area contributed by atoms with E-state index in [9.17, 15) is 4.79 Å². The molecular weight excluding hydrogens is 452 g/mol. The molecule has 2 aliphatic rings. The second-order valence-electron chi connectivity index (χ2n) is 9.95. The molecule has 2 aliphatic heterocycles. The molecule has 2 atom stereocenters. The van der Waals surface area contributed by atoms with Crippen molar-refractivity contribution in [1.29, 1.82) is 0 Å². The summed E-state index contributed by atoms with van der Waals surface area (Å²) in [7, 11) is 0. The standard InChI is InChI=1S/C29H36N4O3/c34-29(33-15-13-32(14-16-33)21-23-7-3-1-4-8-23)18-24-11-12-30-20-25(24)17-26-19-28(36-31-26)22-35-27-9-5-2-6-10-27/h1-10,19,24-25,30H,11-18,20-22H2/t24-,25-/m0/s1. The maximum Gasteiger partial charge on any atom is 0.222 e. The van der Waals surface area contributed by atoms with Crippen LogP contribution in [0.5, 0.6) is 5.75 Å². The highest BCUT2D eigenvalue weighted by Gasteiger charge is 2.30. The molecule has 7 heteroatoms. The number of carbonyl (C=O) groups is 1. The number of rotatable bonds is 9. The molecule has 5 rings (SSSR count). The van der Waals surface area contributed by atoms with Crippen molar-refractivity contribution in [3.05, 3.63) is 83.7 Å². The van der Waals surface area contributed by atoms with Crippen LogP contribution in [-0.4, -0.2) is 60.1 Å². The van der Waals surface area contributed by atoms with Crippen LogP contribution in [-0.2, 0) is 24.4 Å². The van der Waals surface area contributed by atoms with Crippen molar-refractivity contribution in [2.75, 3.05) is 39.3 Å². The van der Waals surface area contributed by atoms with Crippen LogP contribution >= 0.6 is 0 Å². The Hall–Kier alpha value is -3.16. The van der Waals surface area contributed by atoms with E-state index < -0.39 is 0 Å². The summed E-state index contributed by atoms with van der Waals surface area (Å²) in [6.07, 6.45) is 2.45. The van der Waals surface area contributed by atoms with Gasteiger partial charge in [0, 0.05) is 45.2 Å². The Morgan fingerprint density at radius 2 is 1.75 bits per heavy atom. The van der Waals surface area contributed by atoms with E-state index in [1.165, 1.54) is 5.56 Å². The molecular formula is C29H36N4O3. The molecule has 3 aromatic rings. The molecule has 0 bridgehead atoms. The van der Waals surface area contributed by atoms with Crippen molar-refractivity contribution >= 4 is 5.91 Å². The predicted octanol–water partition coefficient (Wildman–Crippen LogP) is 3.76. The van der Waals surface area contributed by atoms with Crippen LogP contribution in [0.1, 0.15) is 29.9 Å². The van der Waals surface area contributed by atoms with Gasteiger partial charge in [-0.05, 0) is 55.5 Å². The highest BCUT2D eigenvalue weighted by Crippen LogP contribution is 2.27. The van der Waals surface area contributed by atoms with Gasteiger partial charge in [-0.15, -0.1) is 0 Å². The normalized spacial score (nSPS) is 20.8. The number of piperidine rings is 1. The Bertz CT molecular complexity index is 1080. The minimum Gasteiger partial charge on any atom is -0.486 e. The van der Waals surface area contributed by atoms with Crippen molar-refractivity contribution in [1.82, 2.24) is 20.3 Å². The average molecular weight is 489 g/mol. The van der Waals surface area contributed by atoms with Crippen molar-refractivity contribution < 1.29 is 14.1 Å². The Morgan fingerprint density at radius 3 is 2.53 bits per heavy atom. The molecule has 1 aromatic heterocycles. The van der Waals surface area contributed by atoms with Gasteiger partial charge in [0.15, 0.2) is 5.76 Å². The van der Waals surface area contributed by atoms with E-state index >= 15 is 0 Å². The summed E-state index contributed by atoms with van der Waals surface area (Å²) in [5, 5.41) is 7.79. The van der Waals surface area contributed by atoms with Gasteiger partial charge >= 0.3 is 0 Å². The molecule has 0 saturated carbocycles. The molecule has 3 heterocycles. The smallest absolute Gasteiger partial charge is 0.222 e. The third-order valence-corrected chi connectivity index (χ3v) is 7.38. The van der Waals surface area contributed by atoms with E-state index in [2.05, 4.69) is 50.6 Å². The summed E-state index contributed by atoms with van der Waals surface area (Å²) in [4.78, 5) is 17.7. The predicted molar refractivity (Wildman–Crippen MR) is 138 cm³/mol. The summed E-state index contributed by atoms with van der Waals surface area (Å²) in [5.74, 6) is 2.56. The van der Waals surface area contributed by atoms with Crippen LogP contribution < -0.4 is 10.1 Å². The van der Waals surface area contributed by atoms with Gasteiger partial charge in [0.25, 0.3) is 0 Å². The first-order valence-electron chi connectivity index (χ1n) is 13.1. The van der Waals surface area contributed by atoms with Crippen LogP contribution in [0, 0.1) is 11.8 Å². The summed E-state index contributed by atoms with van der Waals surface area (Å²) in [6.45, 7) is 6.68. The Labute approximate surface area is 213 Å². The van der Waals surface area contributed by atoms with E-state index in [0.717, 1.165) is 75.9 Å². The number of aromatic nitrogens is 1. The van der Waals surface area contributed by atoms with Gasteiger partial charge in [-0.3, -0.25) is 9.69 Å². The molecule has 0 aliphatic carbocycles. The lowest BCUT2D eigenvalue weighted by molar-refractivity contribution is -0.134. The Morgan fingerprint density at radius 1 is 1.00 bits per heavy atom. The lowest BCUT2D eigenvalue weighted by Crippen LogP contribution is -2.49. The first-order chi connectivity index (χ1) is 17.7. The number of piperazine rings is 1. The van der Waals surface area contributed by atoms with Crippen LogP contribution in [0.15, 0.2) is 71.3 Å². The van der Waals surface area contributed by atoms with Gasteiger partial charge in [-0.2, -0.15) is 0 Å². The van der Waals surface area contributed by atoms with Gasteiger partial charge in [0.1, 0.15) is 12.4 Å². The first-order valence-corrected chi connectivity index (χ1v) is 13.1. The number of hydrogen-bond acceptors (Lipinski definition) is 6. The van der Waals surface area contributed by atoms with Crippen molar-refractivity contribution in [3.63, 3.8) is 0 Å². The Balaban J connectivity index is 1.09. The fourth-order valence-corrected chi connectivity index (χ4v) is 5.30. The summed E-state index contributed by atoms with van der Waals surface area (Å²) in [6, 6.07) is 22.3. The molecule has 7 nitrogen and oxygen atoms in total. The minimum absolute atomic E-state index is 0.295. The fraction of sp³-hybridized carbons (Fsp3) is 0.448. The minimum atomic E-state index is 0.295. The van der Waals surface area contributed by atoms with E-state index in [1.54, 1.807) is 0 Å². The van der Waals surface area contributed by atoms with Gasteiger partial charge in [0.2, 0.25) is 5.91 Å². The largest absolute Gasteiger partial charge is 0.486 e. The molecule has 0 radical (unpaired) electrons. The van der Waals surface area contributed by atoms with E-state index in [4.69, 9.17) is 9.26 Å². The van der Waals surface area contributed by atoms with Crippen LogP contribution in [0.3, 0.4) is 0 Å². The lowest BCUT2D eigenvalue weighted by atomic mass is 9.81. The SMILES string of the molecule is O=C(C[C@@H]1CCNC[C@@H]1Cc1cc(COc2ccccc2)on1)N1CCN(Cc2ccccc2)CC1. The topological polar surface area (TPSA) is 70.8 Å². The highest BCUT2D eigenvalue weighted by atomic mass is 16.5. The zero-order valence-corrected chi connectivity index (χ0v) is 20.9. The number of nitrogens with one attached hydrogen (secondary N) is 1. The molecule has 1 N–H and O–H groups in total. The second kappa shape index (κ2) is 12.2. The monoisotopic (exact) mass is 488 g/mol. The van der Waals surface area contributed by atoms with E-state index in [1.807, 2.05) is 36.4 Å². The van der Waals surface area contributed by atoms with E-state index in [0.29, 0.717) is 30.8 Å². The lowest BCUT2D eigenvalue weighted by Gasteiger charge is -2.37. The number of hydrogen-bond donors (Lipinski definition) is 1. The molecule has 2 fully saturated rings. The van der Waals surface area contributed by atoms with Gasteiger partial charge in [-0.25, -0.2) is 0 Å².